The summed E-state index contributed by atoms with van der Waals surface area (Å²) in [6.45, 7) is 14.0. The number of benzene rings is 16. The molecule has 6 nitrogen and oxygen atoms in total. The molecule has 22 aromatic rings. The highest BCUT2D eigenvalue weighted by molar-refractivity contribution is 6.12. The van der Waals surface area contributed by atoms with Crippen LogP contribution in [-0.2, 0) is 16.2 Å². The van der Waals surface area contributed by atoms with Gasteiger partial charge in [-0.05, 0) is 207 Å². The molecule has 0 atom stereocenters. The predicted octanol–water partition coefficient (Wildman–Crippen LogP) is 32.5. The van der Waals surface area contributed by atoms with Crippen LogP contribution in [0, 0.1) is 0 Å². The molecule has 0 fully saturated rings. The molecule has 0 N–H and O–H groups in total. The molecule has 0 bridgehead atoms. The molecule has 0 radical (unpaired) electrons. The minimum Gasteiger partial charge on any atom is -0.256 e. The molecule has 6 heteroatoms. The van der Waals surface area contributed by atoms with E-state index in [1.54, 1.807) is 0 Å². The standard InChI is InChI=1S/C54H37N3.C36H27N.C35H26N2/c1-54(2)45-22-11-9-20-42(45)52-50(54)49(43-21-10-12-23-48(43)57-52)39-19-13-18-38(32-39)34-24-26-35(27-25-34)44-33-40-28-30-46(36-14-5-3-6-15-36)55-51(40)53-41(44)29-31-47(56-53)37-16-7-4-8-17-37;1-36(2)31-20-8-6-18-29(31)35-34(36)33(30-19-7-9-21-32(30)37-35)28-17-11-16-27(23-28)26-15-10-14-25(22-26)24-12-4-3-5-13-24;1-35(2)29-17-5-3-15-27(29)34-33(35)32(28-16-4-6-19-31(28)37-34)26-14-10-12-24(22-26)23-11-9-13-25(21-23)30-18-7-8-20-36-30/h3-33H,1-2H3;3-23H,1-2H3;3-22H,1-2H3. The first kappa shape index (κ1) is 79.4. The molecular weight excluding hydrogens is 1590 g/mol. The van der Waals surface area contributed by atoms with Crippen LogP contribution >= 0.6 is 0 Å². The van der Waals surface area contributed by atoms with Crippen molar-refractivity contribution in [2.24, 2.45) is 0 Å². The third kappa shape index (κ3) is 13.9. The third-order valence-electron chi connectivity index (χ3n) is 27.3. The van der Waals surface area contributed by atoms with Crippen molar-refractivity contribution >= 4 is 54.5 Å². The van der Waals surface area contributed by atoms with Gasteiger partial charge in [-0.25, -0.2) is 24.9 Å². The van der Waals surface area contributed by atoms with Crippen LogP contribution in [0.4, 0.5) is 0 Å². The molecule has 3 aliphatic rings. The van der Waals surface area contributed by atoms with Gasteiger partial charge >= 0.3 is 0 Å². The molecule has 131 heavy (non-hydrogen) atoms. The molecule has 25 rings (SSSR count). The summed E-state index contributed by atoms with van der Waals surface area (Å²) in [6, 6.07) is 154. The molecule has 6 aromatic heterocycles. The normalized spacial score (nSPS) is 13.1. The lowest BCUT2D eigenvalue weighted by Crippen LogP contribution is -2.16. The van der Waals surface area contributed by atoms with Gasteiger partial charge in [0.25, 0.3) is 0 Å². The molecule has 3 aliphatic carbocycles. The van der Waals surface area contributed by atoms with Crippen LogP contribution in [0.2, 0.25) is 0 Å². The van der Waals surface area contributed by atoms with Gasteiger partial charge < -0.3 is 0 Å². The second kappa shape index (κ2) is 32.2. The van der Waals surface area contributed by atoms with Gasteiger partial charge in [0.2, 0.25) is 0 Å². The van der Waals surface area contributed by atoms with Crippen LogP contribution in [0.3, 0.4) is 0 Å². The van der Waals surface area contributed by atoms with Crippen molar-refractivity contribution in [2.45, 2.75) is 57.8 Å². The lowest BCUT2D eigenvalue weighted by Gasteiger charge is -2.25. The number of hydrogen-bond acceptors (Lipinski definition) is 6. The molecule has 16 aromatic carbocycles. The molecule has 0 saturated carbocycles. The maximum atomic E-state index is 5.30. The minimum atomic E-state index is -0.187. The lowest BCUT2D eigenvalue weighted by molar-refractivity contribution is 0.661. The maximum absolute atomic E-state index is 5.30. The Balaban J connectivity index is 0.000000116. The molecule has 0 spiro atoms. The Bertz CT molecular complexity index is 8010. The van der Waals surface area contributed by atoms with E-state index in [-0.39, 0.29) is 16.2 Å². The number of aromatic nitrogens is 6. The lowest BCUT2D eigenvalue weighted by atomic mass is 9.78. The smallest absolute Gasteiger partial charge is 0.0978 e. The third-order valence-corrected chi connectivity index (χ3v) is 27.3. The van der Waals surface area contributed by atoms with Gasteiger partial charge in [-0.2, -0.15) is 0 Å². The molecule has 0 unspecified atom stereocenters. The Morgan fingerprint density at radius 1 is 0.183 bits per heavy atom. The zero-order valence-electron chi connectivity index (χ0n) is 73.8. The van der Waals surface area contributed by atoms with E-state index in [0.717, 1.165) is 100 Å². The highest BCUT2D eigenvalue weighted by atomic mass is 14.8. The average molecular weight is 1680 g/mol. The van der Waals surface area contributed by atoms with Gasteiger partial charge in [-0.1, -0.05) is 387 Å². The van der Waals surface area contributed by atoms with Crippen LogP contribution < -0.4 is 0 Å². The predicted molar refractivity (Wildman–Crippen MR) is 546 cm³/mol. The summed E-state index contributed by atoms with van der Waals surface area (Å²) in [6.07, 6.45) is 1.84. The maximum Gasteiger partial charge on any atom is 0.0978 e. The first-order chi connectivity index (χ1) is 64.2. The van der Waals surface area contributed by atoms with E-state index < -0.39 is 0 Å². The summed E-state index contributed by atoms with van der Waals surface area (Å²) < 4.78 is 0. The number of para-hydroxylation sites is 3. The topological polar surface area (TPSA) is 77.3 Å². The quantitative estimate of drug-likeness (QED) is 0.120. The van der Waals surface area contributed by atoms with E-state index in [0.29, 0.717) is 0 Å². The minimum absolute atomic E-state index is 0.137. The average Bonchev–Trinajstić information content (AvgIpc) is 1.57. The number of hydrogen-bond donors (Lipinski definition) is 0. The van der Waals surface area contributed by atoms with Crippen molar-refractivity contribution in [3.8, 4) is 157 Å². The van der Waals surface area contributed by atoms with E-state index in [1.165, 1.54) is 144 Å². The fourth-order valence-electron chi connectivity index (χ4n) is 21.0. The highest BCUT2D eigenvalue weighted by Gasteiger charge is 2.43. The van der Waals surface area contributed by atoms with Gasteiger partial charge in [0, 0.05) is 82.8 Å². The molecule has 6 heterocycles. The van der Waals surface area contributed by atoms with Crippen LogP contribution in [-0.4, -0.2) is 29.9 Å². The monoisotopic (exact) mass is 1670 g/mol. The summed E-state index contributed by atoms with van der Waals surface area (Å²) in [4.78, 5) is 30.7. The number of pyridine rings is 6. The zero-order chi connectivity index (χ0) is 88.1. The van der Waals surface area contributed by atoms with Crippen molar-refractivity contribution < 1.29 is 0 Å². The first-order valence-electron chi connectivity index (χ1n) is 45.3. The fraction of sp³-hybridized carbons (Fsp3) is 0.0720. The van der Waals surface area contributed by atoms with Gasteiger partial charge in [-0.3, -0.25) is 4.98 Å². The molecule has 620 valence electrons. The Morgan fingerprint density at radius 3 is 0.916 bits per heavy atom. The van der Waals surface area contributed by atoms with E-state index in [4.69, 9.17) is 24.9 Å². The Kier molecular flexibility index (Phi) is 19.5. The van der Waals surface area contributed by atoms with Crippen LogP contribution in [0.5, 0.6) is 0 Å². The van der Waals surface area contributed by atoms with Crippen molar-refractivity contribution in [1.29, 1.82) is 0 Å². The second-order valence-corrected chi connectivity index (χ2v) is 36.3. The number of rotatable bonds is 11. The molecule has 0 saturated heterocycles. The van der Waals surface area contributed by atoms with E-state index in [9.17, 15) is 0 Å². The van der Waals surface area contributed by atoms with Crippen molar-refractivity contribution in [1.82, 2.24) is 29.9 Å². The van der Waals surface area contributed by atoms with E-state index >= 15 is 0 Å². The first-order valence-corrected chi connectivity index (χ1v) is 45.3. The summed E-state index contributed by atoms with van der Waals surface area (Å²) in [5.41, 5.74) is 45.0. The molecule has 0 aliphatic heterocycles. The van der Waals surface area contributed by atoms with E-state index in [2.05, 4.69) is 453 Å². The van der Waals surface area contributed by atoms with Crippen molar-refractivity contribution in [3.63, 3.8) is 0 Å². The highest BCUT2D eigenvalue weighted by Crippen LogP contribution is 2.58. The SMILES string of the molecule is CC1(C)c2ccccc2-c2nc3ccccc3c(-c3cccc(-c4ccc(-c5cc6ccc(-c7ccccc7)nc6c6nc(-c7ccccc7)ccc56)cc4)c3)c21.CC1(C)c2ccccc2-c2nc3ccccc3c(-c3cccc(-c4cccc(-c5ccccc5)c4)c3)c21.CC1(C)c2ccccc2-c2nc3ccccc3c(-c3cccc(-c4cccc(-c5ccccn5)c4)c3)c21. The Hall–Kier alpha value is -16.3. The van der Waals surface area contributed by atoms with E-state index in [1.807, 2.05) is 30.5 Å². The summed E-state index contributed by atoms with van der Waals surface area (Å²) in [5, 5.41) is 5.73. The van der Waals surface area contributed by atoms with Crippen LogP contribution in [0.15, 0.2) is 437 Å². The molecule has 0 amide bonds. The van der Waals surface area contributed by atoms with Crippen molar-refractivity contribution in [3.05, 3.63) is 470 Å². The Labute approximate surface area is 763 Å². The zero-order valence-corrected chi connectivity index (χ0v) is 73.8. The molecular formula is C125H90N6. The van der Waals surface area contributed by atoms with Gasteiger partial charge in [0.05, 0.1) is 61.7 Å². The van der Waals surface area contributed by atoms with Gasteiger partial charge in [-0.15, -0.1) is 0 Å². The summed E-state index contributed by atoms with van der Waals surface area (Å²) >= 11 is 0. The fourth-order valence-corrected chi connectivity index (χ4v) is 21.0. The van der Waals surface area contributed by atoms with Crippen LogP contribution in [0.25, 0.3) is 211 Å². The second-order valence-electron chi connectivity index (χ2n) is 36.3. The van der Waals surface area contributed by atoms with Crippen molar-refractivity contribution in [2.75, 3.05) is 0 Å². The number of fused-ring (bicyclic) bond motifs is 15. The van der Waals surface area contributed by atoms with Gasteiger partial charge in [0.15, 0.2) is 0 Å². The Morgan fingerprint density at radius 2 is 0.496 bits per heavy atom. The largest absolute Gasteiger partial charge is 0.256 e. The van der Waals surface area contributed by atoms with Crippen LogP contribution in [0.1, 0.15) is 74.9 Å². The number of nitrogens with zero attached hydrogens (tertiary/aromatic N) is 6. The van der Waals surface area contributed by atoms with Gasteiger partial charge in [0.1, 0.15) is 0 Å². The summed E-state index contributed by atoms with van der Waals surface area (Å²) in [7, 11) is 0. The summed E-state index contributed by atoms with van der Waals surface area (Å²) in [5.74, 6) is 0.